The molecule has 112 valence electrons. The number of hydrogen-bond acceptors (Lipinski definition) is 3. The molecule has 1 aromatic rings. The molecule has 5 nitrogen and oxygen atoms in total. The Morgan fingerprint density at radius 1 is 1.40 bits per heavy atom. The zero-order chi connectivity index (χ0) is 14.4. The molecule has 0 aliphatic carbocycles. The average Bonchev–Trinajstić information content (AvgIpc) is 2.33. The number of rotatable bonds is 5. The summed E-state index contributed by atoms with van der Waals surface area (Å²) in [5, 5.41) is 5.39. The van der Waals surface area contributed by atoms with Crippen LogP contribution >= 0.6 is 28.3 Å². The van der Waals surface area contributed by atoms with Crippen molar-refractivity contribution in [2.45, 2.75) is 26.3 Å². The normalized spacial score (nSPS) is 11.2. The van der Waals surface area contributed by atoms with Crippen LogP contribution in [-0.4, -0.2) is 24.4 Å². The molecule has 0 aliphatic heterocycles. The van der Waals surface area contributed by atoms with Gasteiger partial charge in [-0.25, -0.2) is 0 Å². The summed E-state index contributed by atoms with van der Waals surface area (Å²) in [7, 11) is 0. The largest absolute Gasteiger partial charge is 0.354 e. The number of carbonyl (C=O) groups is 2. The maximum absolute atomic E-state index is 11.7. The maximum atomic E-state index is 11.7. The zero-order valence-corrected chi connectivity index (χ0v) is 13.8. The molecule has 1 atom stereocenters. The van der Waals surface area contributed by atoms with Gasteiger partial charge in [0.1, 0.15) is 0 Å². The van der Waals surface area contributed by atoms with E-state index in [-0.39, 0.29) is 37.2 Å². The molecule has 1 aromatic carbocycles. The van der Waals surface area contributed by atoms with Gasteiger partial charge < -0.3 is 16.4 Å². The fraction of sp³-hybridized carbons (Fsp3) is 0.385. The van der Waals surface area contributed by atoms with Gasteiger partial charge in [0.25, 0.3) is 0 Å². The second kappa shape index (κ2) is 8.94. The summed E-state index contributed by atoms with van der Waals surface area (Å²) in [4.78, 5) is 22.9. The van der Waals surface area contributed by atoms with Gasteiger partial charge in [0.15, 0.2) is 0 Å². The van der Waals surface area contributed by atoms with E-state index >= 15 is 0 Å². The van der Waals surface area contributed by atoms with Crippen LogP contribution in [-0.2, 0) is 9.59 Å². The SMILES string of the molecule is Cc1ccc(Br)cc1NC(=O)CCNC(=O)[C@H](C)N.Cl. The van der Waals surface area contributed by atoms with Gasteiger partial charge in [-0.15, -0.1) is 12.4 Å². The van der Waals surface area contributed by atoms with Gasteiger partial charge in [-0.05, 0) is 31.5 Å². The Bertz CT molecular complexity index is 481. The summed E-state index contributed by atoms with van der Waals surface area (Å²) in [5.74, 6) is -0.405. The molecule has 0 aromatic heterocycles. The Balaban J connectivity index is 0.00000361. The number of halogens is 2. The van der Waals surface area contributed by atoms with E-state index in [4.69, 9.17) is 5.73 Å². The lowest BCUT2D eigenvalue weighted by Gasteiger charge is -2.10. The minimum Gasteiger partial charge on any atom is -0.354 e. The highest BCUT2D eigenvalue weighted by Crippen LogP contribution is 2.20. The van der Waals surface area contributed by atoms with E-state index in [9.17, 15) is 9.59 Å². The van der Waals surface area contributed by atoms with E-state index in [2.05, 4.69) is 26.6 Å². The number of nitrogens with one attached hydrogen (secondary N) is 2. The Morgan fingerprint density at radius 2 is 2.05 bits per heavy atom. The number of amides is 2. The number of carbonyl (C=O) groups excluding carboxylic acids is 2. The Hall–Kier alpha value is -1.11. The first kappa shape index (κ1) is 18.9. The molecule has 4 N–H and O–H groups in total. The molecule has 0 fully saturated rings. The van der Waals surface area contributed by atoms with Crippen molar-refractivity contribution in [3.63, 3.8) is 0 Å². The molecule has 0 saturated heterocycles. The fourth-order valence-electron chi connectivity index (χ4n) is 1.40. The standard InChI is InChI=1S/C13H18BrN3O2.ClH/c1-8-3-4-10(14)7-11(8)17-12(18)5-6-16-13(19)9(2)15;/h3-4,7,9H,5-6,15H2,1-2H3,(H,16,19)(H,17,18);1H/t9-;/m0./s1. The molecule has 0 bridgehead atoms. The number of anilines is 1. The summed E-state index contributed by atoms with van der Waals surface area (Å²) in [6.07, 6.45) is 0.213. The highest BCUT2D eigenvalue weighted by Gasteiger charge is 2.08. The van der Waals surface area contributed by atoms with Crippen molar-refractivity contribution in [1.82, 2.24) is 5.32 Å². The highest BCUT2D eigenvalue weighted by atomic mass is 79.9. The number of aryl methyl sites for hydroxylation is 1. The van der Waals surface area contributed by atoms with Gasteiger partial charge in [0.2, 0.25) is 11.8 Å². The predicted molar refractivity (Wildman–Crippen MR) is 86.0 cm³/mol. The molecule has 1 rings (SSSR count). The first-order valence-corrected chi connectivity index (χ1v) is 6.78. The van der Waals surface area contributed by atoms with Crippen LogP contribution in [0.3, 0.4) is 0 Å². The van der Waals surface area contributed by atoms with Crippen LogP contribution in [0.5, 0.6) is 0 Å². The molecule has 0 heterocycles. The number of hydrogen-bond donors (Lipinski definition) is 3. The quantitative estimate of drug-likeness (QED) is 0.747. The summed E-state index contributed by atoms with van der Waals surface area (Å²) in [6.45, 7) is 3.79. The third-order valence-corrected chi connectivity index (χ3v) is 3.03. The maximum Gasteiger partial charge on any atom is 0.236 e. The lowest BCUT2D eigenvalue weighted by molar-refractivity contribution is -0.122. The van der Waals surface area contributed by atoms with E-state index in [0.29, 0.717) is 0 Å². The van der Waals surface area contributed by atoms with Gasteiger partial charge >= 0.3 is 0 Å². The molecular formula is C13H19BrClN3O2. The smallest absolute Gasteiger partial charge is 0.236 e. The second-order valence-corrected chi connectivity index (χ2v) is 5.25. The van der Waals surface area contributed by atoms with Crippen LogP contribution in [0, 0.1) is 6.92 Å². The van der Waals surface area contributed by atoms with Gasteiger partial charge in [0, 0.05) is 23.1 Å². The van der Waals surface area contributed by atoms with Gasteiger partial charge in [-0.3, -0.25) is 9.59 Å². The molecule has 2 amide bonds. The molecule has 20 heavy (non-hydrogen) atoms. The van der Waals surface area contributed by atoms with Crippen molar-refractivity contribution in [3.05, 3.63) is 28.2 Å². The van der Waals surface area contributed by atoms with Crippen molar-refractivity contribution in [2.24, 2.45) is 5.73 Å². The summed E-state index contributed by atoms with van der Waals surface area (Å²) >= 11 is 3.35. The lowest BCUT2D eigenvalue weighted by Crippen LogP contribution is -2.39. The van der Waals surface area contributed by atoms with Gasteiger partial charge in [-0.2, -0.15) is 0 Å². The van der Waals surface area contributed by atoms with E-state index in [1.807, 2.05) is 25.1 Å². The lowest BCUT2D eigenvalue weighted by atomic mass is 10.2. The molecule has 0 saturated carbocycles. The van der Waals surface area contributed by atoms with Crippen molar-refractivity contribution < 1.29 is 9.59 Å². The topological polar surface area (TPSA) is 84.2 Å². The van der Waals surface area contributed by atoms with E-state index in [0.717, 1.165) is 15.7 Å². The predicted octanol–water partition coefficient (Wildman–Crippen LogP) is 1.97. The van der Waals surface area contributed by atoms with Crippen molar-refractivity contribution >= 4 is 45.8 Å². The minimum atomic E-state index is -0.560. The number of benzene rings is 1. The summed E-state index contributed by atoms with van der Waals surface area (Å²) in [6, 6.07) is 5.11. The van der Waals surface area contributed by atoms with Crippen LogP contribution in [0.4, 0.5) is 5.69 Å². The van der Waals surface area contributed by atoms with Crippen molar-refractivity contribution in [1.29, 1.82) is 0 Å². The molecular weight excluding hydrogens is 346 g/mol. The molecule has 0 radical (unpaired) electrons. The Morgan fingerprint density at radius 3 is 2.65 bits per heavy atom. The third kappa shape index (κ3) is 6.36. The van der Waals surface area contributed by atoms with Crippen LogP contribution < -0.4 is 16.4 Å². The molecule has 0 aliphatic rings. The van der Waals surface area contributed by atoms with Gasteiger partial charge in [-0.1, -0.05) is 22.0 Å². The Labute approximate surface area is 133 Å². The highest BCUT2D eigenvalue weighted by molar-refractivity contribution is 9.10. The van der Waals surface area contributed by atoms with Crippen LogP contribution in [0.1, 0.15) is 18.9 Å². The first-order valence-electron chi connectivity index (χ1n) is 5.99. The summed E-state index contributed by atoms with van der Waals surface area (Å²) in [5.41, 5.74) is 7.14. The van der Waals surface area contributed by atoms with Crippen LogP contribution in [0.2, 0.25) is 0 Å². The van der Waals surface area contributed by atoms with Crippen molar-refractivity contribution in [2.75, 3.05) is 11.9 Å². The average molecular weight is 365 g/mol. The second-order valence-electron chi connectivity index (χ2n) is 4.34. The Kier molecular flexibility index (Phi) is 8.45. The van der Waals surface area contributed by atoms with E-state index in [1.165, 1.54) is 0 Å². The third-order valence-electron chi connectivity index (χ3n) is 2.54. The number of nitrogens with two attached hydrogens (primary N) is 1. The molecule has 0 unspecified atom stereocenters. The minimum absolute atomic E-state index is 0. The monoisotopic (exact) mass is 363 g/mol. The van der Waals surface area contributed by atoms with E-state index < -0.39 is 6.04 Å². The van der Waals surface area contributed by atoms with Gasteiger partial charge in [0.05, 0.1) is 6.04 Å². The summed E-state index contributed by atoms with van der Waals surface area (Å²) < 4.78 is 0.902. The van der Waals surface area contributed by atoms with Crippen molar-refractivity contribution in [3.8, 4) is 0 Å². The van der Waals surface area contributed by atoms with E-state index in [1.54, 1.807) is 6.92 Å². The van der Waals surface area contributed by atoms with Crippen LogP contribution in [0.25, 0.3) is 0 Å². The zero-order valence-electron chi connectivity index (χ0n) is 11.4. The fourth-order valence-corrected chi connectivity index (χ4v) is 1.76. The van der Waals surface area contributed by atoms with Crippen LogP contribution in [0.15, 0.2) is 22.7 Å². The molecule has 7 heteroatoms. The molecule has 0 spiro atoms. The first-order chi connectivity index (χ1) is 8.90.